The lowest BCUT2D eigenvalue weighted by Gasteiger charge is -2.38. The minimum atomic E-state index is 0.208. The molecule has 0 unspecified atom stereocenters. The fourth-order valence-electron chi connectivity index (χ4n) is 3.69. The predicted octanol–water partition coefficient (Wildman–Crippen LogP) is 3.42. The number of hydrogen-bond acceptors (Lipinski definition) is 3. The second-order valence-electron chi connectivity index (χ2n) is 6.45. The summed E-state index contributed by atoms with van der Waals surface area (Å²) >= 11 is 1.69. The molecule has 1 saturated carbocycles. The molecule has 2 aliphatic rings. The van der Waals surface area contributed by atoms with Gasteiger partial charge in [-0.15, -0.1) is 11.8 Å². The molecule has 0 aromatic heterocycles. The molecule has 0 atom stereocenters. The van der Waals surface area contributed by atoms with Crippen molar-refractivity contribution in [3.05, 3.63) is 29.3 Å². The van der Waals surface area contributed by atoms with Crippen molar-refractivity contribution in [3.8, 4) is 0 Å². The van der Waals surface area contributed by atoms with Crippen molar-refractivity contribution >= 4 is 17.7 Å². The molecule has 1 aliphatic heterocycles. The van der Waals surface area contributed by atoms with Crippen molar-refractivity contribution in [2.24, 2.45) is 0 Å². The van der Waals surface area contributed by atoms with Gasteiger partial charge in [-0.3, -0.25) is 9.69 Å². The van der Waals surface area contributed by atoms with Crippen molar-refractivity contribution < 1.29 is 4.79 Å². The normalized spacial score (nSPS) is 20.5. The van der Waals surface area contributed by atoms with Crippen molar-refractivity contribution in [2.75, 3.05) is 32.4 Å². The molecular weight excluding hydrogens is 292 g/mol. The second kappa shape index (κ2) is 7.05. The average molecular weight is 318 g/mol. The minimum Gasteiger partial charge on any atom is -0.336 e. The Hall–Kier alpha value is -1.00. The van der Waals surface area contributed by atoms with Gasteiger partial charge in [0, 0.05) is 42.7 Å². The lowest BCUT2D eigenvalue weighted by molar-refractivity contribution is 0.0572. The molecule has 0 N–H and O–H groups in total. The summed E-state index contributed by atoms with van der Waals surface area (Å²) < 4.78 is 0. The zero-order valence-electron chi connectivity index (χ0n) is 13.7. The number of aryl methyl sites for hydroxylation is 1. The van der Waals surface area contributed by atoms with Gasteiger partial charge < -0.3 is 4.90 Å². The van der Waals surface area contributed by atoms with Crippen LogP contribution in [0.5, 0.6) is 0 Å². The van der Waals surface area contributed by atoms with Crippen LogP contribution >= 0.6 is 11.8 Å². The summed E-state index contributed by atoms with van der Waals surface area (Å²) in [5.74, 6) is 0.208. The highest BCUT2D eigenvalue weighted by atomic mass is 32.2. The predicted molar refractivity (Wildman–Crippen MR) is 92.7 cm³/mol. The van der Waals surface area contributed by atoms with Crippen molar-refractivity contribution in [1.29, 1.82) is 0 Å². The molecule has 120 valence electrons. The molecule has 0 radical (unpaired) electrons. The fraction of sp³-hybridized carbons (Fsp3) is 0.611. The number of carbonyl (C=O) groups excluding carboxylic acids is 1. The summed E-state index contributed by atoms with van der Waals surface area (Å²) in [4.78, 5) is 18.6. The molecule has 3 rings (SSSR count). The maximum Gasteiger partial charge on any atom is 0.254 e. The lowest BCUT2D eigenvalue weighted by Crippen LogP contribution is -2.51. The van der Waals surface area contributed by atoms with Crippen LogP contribution in [0.3, 0.4) is 0 Å². The highest BCUT2D eigenvalue weighted by Gasteiger charge is 2.28. The van der Waals surface area contributed by atoms with Gasteiger partial charge >= 0.3 is 0 Å². The maximum absolute atomic E-state index is 12.8. The van der Waals surface area contributed by atoms with Gasteiger partial charge in [0.05, 0.1) is 0 Å². The number of benzene rings is 1. The number of hydrogen-bond donors (Lipinski definition) is 0. The smallest absolute Gasteiger partial charge is 0.254 e. The van der Waals surface area contributed by atoms with Gasteiger partial charge in [-0.25, -0.2) is 0 Å². The van der Waals surface area contributed by atoms with Gasteiger partial charge in [0.2, 0.25) is 0 Å². The van der Waals surface area contributed by atoms with E-state index in [2.05, 4.69) is 23.3 Å². The Morgan fingerprint density at radius 3 is 2.45 bits per heavy atom. The SMILES string of the molecule is CSc1ccc(C)c(C(=O)N2CCN(C3CCCC3)CC2)c1. The molecule has 4 heteroatoms. The second-order valence-corrected chi connectivity index (χ2v) is 7.33. The number of carbonyl (C=O) groups is 1. The van der Waals surface area contributed by atoms with E-state index in [9.17, 15) is 4.79 Å². The Balaban J connectivity index is 1.64. The minimum absolute atomic E-state index is 0.208. The van der Waals surface area contributed by atoms with Crippen LogP contribution in [-0.4, -0.2) is 54.2 Å². The third-order valence-corrected chi connectivity index (χ3v) is 5.84. The molecule has 1 aromatic rings. The van der Waals surface area contributed by atoms with Gasteiger partial charge in [0.15, 0.2) is 0 Å². The molecule has 0 bridgehead atoms. The van der Waals surface area contributed by atoms with Crippen LogP contribution in [0, 0.1) is 6.92 Å². The molecule has 1 saturated heterocycles. The molecular formula is C18H26N2OS. The summed E-state index contributed by atoms with van der Waals surface area (Å²) in [7, 11) is 0. The van der Waals surface area contributed by atoms with Crippen LogP contribution in [0.4, 0.5) is 0 Å². The van der Waals surface area contributed by atoms with E-state index in [1.807, 2.05) is 17.9 Å². The van der Waals surface area contributed by atoms with E-state index in [0.717, 1.165) is 43.3 Å². The monoisotopic (exact) mass is 318 g/mol. The topological polar surface area (TPSA) is 23.6 Å². The Morgan fingerprint density at radius 1 is 1.14 bits per heavy atom. The molecule has 0 spiro atoms. The van der Waals surface area contributed by atoms with Crippen LogP contribution in [0.1, 0.15) is 41.6 Å². The molecule has 1 aliphatic carbocycles. The molecule has 2 fully saturated rings. The number of nitrogens with zero attached hydrogens (tertiary/aromatic N) is 2. The highest BCUT2D eigenvalue weighted by Crippen LogP contribution is 2.25. The largest absolute Gasteiger partial charge is 0.336 e. The average Bonchev–Trinajstić information content (AvgIpc) is 3.09. The zero-order valence-corrected chi connectivity index (χ0v) is 14.5. The third kappa shape index (κ3) is 3.33. The van der Waals surface area contributed by atoms with E-state index in [0.29, 0.717) is 0 Å². The number of amides is 1. The van der Waals surface area contributed by atoms with Crippen molar-refractivity contribution in [2.45, 2.75) is 43.5 Å². The first-order chi connectivity index (χ1) is 10.7. The van der Waals surface area contributed by atoms with E-state index < -0.39 is 0 Å². The summed E-state index contributed by atoms with van der Waals surface area (Å²) in [5.41, 5.74) is 1.96. The molecule has 3 nitrogen and oxygen atoms in total. The van der Waals surface area contributed by atoms with Crippen LogP contribution in [-0.2, 0) is 0 Å². The highest BCUT2D eigenvalue weighted by molar-refractivity contribution is 7.98. The van der Waals surface area contributed by atoms with Crippen molar-refractivity contribution in [1.82, 2.24) is 9.80 Å². The van der Waals surface area contributed by atoms with Gasteiger partial charge in [-0.1, -0.05) is 18.9 Å². The summed E-state index contributed by atoms with van der Waals surface area (Å²) in [6, 6.07) is 6.98. The van der Waals surface area contributed by atoms with Crippen LogP contribution in [0.25, 0.3) is 0 Å². The zero-order chi connectivity index (χ0) is 15.5. The Bertz CT molecular complexity index is 532. The molecule has 1 heterocycles. The standard InChI is InChI=1S/C18H26N2OS/c1-14-7-8-16(22-2)13-17(14)18(21)20-11-9-19(10-12-20)15-5-3-4-6-15/h7-8,13,15H,3-6,9-12H2,1-2H3. The third-order valence-electron chi connectivity index (χ3n) is 5.12. The van der Waals surface area contributed by atoms with E-state index in [1.54, 1.807) is 11.8 Å². The molecule has 1 aromatic carbocycles. The number of thioether (sulfide) groups is 1. The Morgan fingerprint density at radius 2 is 1.82 bits per heavy atom. The first-order valence-corrected chi connectivity index (χ1v) is 9.59. The van der Waals surface area contributed by atoms with Crippen LogP contribution in [0.2, 0.25) is 0 Å². The summed E-state index contributed by atoms with van der Waals surface area (Å²) in [5, 5.41) is 0. The molecule has 22 heavy (non-hydrogen) atoms. The van der Waals surface area contributed by atoms with E-state index in [4.69, 9.17) is 0 Å². The first-order valence-electron chi connectivity index (χ1n) is 8.37. The quantitative estimate of drug-likeness (QED) is 0.798. The lowest BCUT2D eigenvalue weighted by atomic mass is 10.1. The van der Waals surface area contributed by atoms with E-state index >= 15 is 0 Å². The van der Waals surface area contributed by atoms with Gasteiger partial charge in [-0.05, 0) is 43.7 Å². The number of rotatable bonds is 3. The van der Waals surface area contributed by atoms with Crippen molar-refractivity contribution in [3.63, 3.8) is 0 Å². The fourth-order valence-corrected chi connectivity index (χ4v) is 4.13. The summed E-state index contributed by atoms with van der Waals surface area (Å²) in [6.45, 7) is 5.86. The van der Waals surface area contributed by atoms with Gasteiger partial charge in [0.1, 0.15) is 0 Å². The van der Waals surface area contributed by atoms with Gasteiger partial charge in [0.25, 0.3) is 5.91 Å². The van der Waals surface area contributed by atoms with E-state index in [1.165, 1.54) is 30.6 Å². The summed E-state index contributed by atoms with van der Waals surface area (Å²) in [6.07, 6.45) is 7.51. The van der Waals surface area contributed by atoms with Crippen LogP contribution in [0.15, 0.2) is 23.1 Å². The Labute approximate surface area is 138 Å². The Kier molecular flexibility index (Phi) is 5.09. The first kappa shape index (κ1) is 15.9. The maximum atomic E-state index is 12.8. The molecule has 1 amide bonds. The van der Waals surface area contributed by atoms with Crippen LogP contribution < -0.4 is 0 Å². The van der Waals surface area contributed by atoms with E-state index in [-0.39, 0.29) is 5.91 Å². The number of piperazine rings is 1. The van der Waals surface area contributed by atoms with Gasteiger partial charge in [-0.2, -0.15) is 0 Å².